The molecule has 0 radical (unpaired) electrons. The van der Waals surface area contributed by atoms with E-state index in [2.05, 4.69) is 71.7 Å². The Morgan fingerprint density at radius 2 is 1.79 bits per heavy atom. The van der Waals surface area contributed by atoms with Crippen molar-refractivity contribution >= 4 is 17.7 Å². The van der Waals surface area contributed by atoms with Gasteiger partial charge in [-0.05, 0) is 43.5 Å². The summed E-state index contributed by atoms with van der Waals surface area (Å²) in [4.78, 5) is 6.89. The summed E-state index contributed by atoms with van der Waals surface area (Å²) in [7, 11) is 4.07. The molecule has 3 rings (SSSR count). The van der Waals surface area contributed by atoms with E-state index in [1.807, 2.05) is 26.4 Å². The van der Waals surface area contributed by atoms with Gasteiger partial charge < -0.3 is 4.90 Å². The average molecular weight is 320 g/mol. The molecule has 1 aliphatic rings. The van der Waals surface area contributed by atoms with Gasteiger partial charge in [-0.3, -0.25) is 10.4 Å². The smallest absolute Gasteiger partial charge is 0.149 e. The predicted molar refractivity (Wildman–Crippen MR) is 102 cm³/mol. The van der Waals surface area contributed by atoms with E-state index in [0.29, 0.717) is 0 Å². The molecule has 0 aliphatic carbocycles. The maximum Gasteiger partial charge on any atom is 0.149 e. The highest BCUT2D eigenvalue weighted by Gasteiger charge is 2.26. The van der Waals surface area contributed by atoms with Crippen LogP contribution in [0.5, 0.6) is 0 Å². The van der Waals surface area contributed by atoms with Crippen LogP contribution in [-0.4, -0.2) is 31.7 Å². The van der Waals surface area contributed by atoms with Crippen LogP contribution in [0.1, 0.15) is 30.5 Å². The van der Waals surface area contributed by atoms with Crippen LogP contribution in [0.2, 0.25) is 0 Å². The third-order valence-electron chi connectivity index (χ3n) is 4.10. The van der Waals surface area contributed by atoms with Gasteiger partial charge in [0.25, 0.3) is 0 Å². The second kappa shape index (κ2) is 6.48. The molecule has 1 aliphatic heterocycles. The predicted octanol–water partition coefficient (Wildman–Crippen LogP) is 3.46. The first kappa shape index (κ1) is 16.2. The van der Waals surface area contributed by atoms with Crippen molar-refractivity contribution in [2.24, 2.45) is 10.1 Å². The van der Waals surface area contributed by atoms with Gasteiger partial charge in [0.15, 0.2) is 0 Å². The van der Waals surface area contributed by atoms with Gasteiger partial charge in [0.2, 0.25) is 0 Å². The minimum Gasteiger partial charge on any atom is -0.378 e. The van der Waals surface area contributed by atoms with Gasteiger partial charge in [-0.1, -0.05) is 36.4 Å². The van der Waals surface area contributed by atoms with Crippen molar-refractivity contribution in [3.8, 4) is 0 Å². The molecule has 0 atom stereocenters. The molecule has 124 valence electrons. The van der Waals surface area contributed by atoms with Crippen LogP contribution in [-0.2, 0) is 6.42 Å². The van der Waals surface area contributed by atoms with Crippen molar-refractivity contribution in [2.45, 2.75) is 25.8 Å². The van der Waals surface area contributed by atoms with Crippen molar-refractivity contribution in [1.82, 2.24) is 5.43 Å². The summed E-state index contributed by atoms with van der Waals surface area (Å²) in [5, 5.41) is 4.38. The quantitative estimate of drug-likeness (QED) is 0.695. The molecular weight excluding hydrogens is 296 g/mol. The van der Waals surface area contributed by atoms with Crippen molar-refractivity contribution < 1.29 is 0 Å². The van der Waals surface area contributed by atoms with Crippen LogP contribution in [0.25, 0.3) is 0 Å². The van der Waals surface area contributed by atoms with Gasteiger partial charge >= 0.3 is 0 Å². The van der Waals surface area contributed by atoms with Crippen LogP contribution >= 0.6 is 0 Å². The molecule has 4 nitrogen and oxygen atoms in total. The van der Waals surface area contributed by atoms with E-state index in [4.69, 9.17) is 4.99 Å². The van der Waals surface area contributed by atoms with Crippen LogP contribution in [0.15, 0.2) is 58.6 Å². The SMILES string of the molecule is CN(C)c1ccc(/C=N/NC2=NC(C)(C)Cc3ccccc32)cc1. The molecular formula is C20H24N4. The van der Waals surface area contributed by atoms with Crippen molar-refractivity contribution in [3.63, 3.8) is 0 Å². The monoisotopic (exact) mass is 320 g/mol. The summed E-state index contributed by atoms with van der Waals surface area (Å²) in [6.45, 7) is 4.29. The number of aliphatic imine (C=N–C) groups is 1. The number of amidine groups is 1. The molecule has 1 heterocycles. The first-order valence-electron chi connectivity index (χ1n) is 8.19. The highest BCUT2D eigenvalue weighted by atomic mass is 15.3. The summed E-state index contributed by atoms with van der Waals surface area (Å²) >= 11 is 0. The lowest BCUT2D eigenvalue weighted by molar-refractivity contribution is 0.509. The van der Waals surface area contributed by atoms with Crippen LogP contribution < -0.4 is 10.3 Å². The lowest BCUT2D eigenvalue weighted by Gasteiger charge is -2.28. The maximum atomic E-state index is 4.81. The van der Waals surface area contributed by atoms with Crippen molar-refractivity contribution in [2.75, 3.05) is 19.0 Å². The van der Waals surface area contributed by atoms with Crippen molar-refractivity contribution in [1.29, 1.82) is 0 Å². The van der Waals surface area contributed by atoms with Gasteiger partial charge in [-0.15, -0.1) is 0 Å². The number of hydrogen-bond acceptors (Lipinski definition) is 4. The Balaban J connectivity index is 1.76. The number of rotatable bonds is 3. The van der Waals surface area contributed by atoms with Gasteiger partial charge in [0.1, 0.15) is 5.84 Å². The largest absolute Gasteiger partial charge is 0.378 e. The van der Waals surface area contributed by atoms with Crippen LogP contribution in [0.4, 0.5) is 5.69 Å². The average Bonchev–Trinajstić information content (AvgIpc) is 2.54. The molecule has 0 saturated heterocycles. The molecule has 2 aromatic rings. The van der Waals surface area contributed by atoms with E-state index in [-0.39, 0.29) is 5.54 Å². The Bertz CT molecular complexity index is 770. The normalized spacial score (nSPS) is 15.8. The third-order valence-corrected chi connectivity index (χ3v) is 4.10. The third kappa shape index (κ3) is 3.65. The van der Waals surface area contributed by atoms with E-state index in [1.165, 1.54) is 11.3 Å². The molecule has 0 amide bonds. The number of nitrogens with zero attached hydrogens (tertiary/aromatic N) is 3. The Kier molecular flexibility index (Phi) is 4.38. The molecule has 0 saturated carbocycles. The number of benzene rings is 2. The molecule has 1 N–H and O–H groups in total. The zero-order valence-corrected chi connectivity index (χ0v) is 14.7. The first-order valence-corrected chi connectivity index (χ1v) is 8.19. The van der Waals surface area contributed by atoms with Gasteiger partial charge in [-0.25, -0.2) is 0 Å². The second-order valence-electron chi connectivity index (χ2n) is 6.96. The second-order valence-corrected chi connectivity index (χ2v) is 6.96. The number of anilines is 1. The Hall–Kier alpha value is -2.62. The number of fused-ring (bicyclic) bond motifs is 1. The van der Waals surface area contributed by atoms with Crippen molar-refractivity contribution in [3.05, 3.63) is 65.2 Å². The Morgan fingerprint density at radius 1 is 1.08 bits per heavy atom. The molecule has 2 aromatic carbocycles. The van der Waals surface area contributed by atoms with Gasteiger partial charge in [-0.2, -0.15) is 5.10 Å². The van der Waals surface area contributed by atoms with E-state index >= 15 is 0 Å². The molecule has 0 bridgehead atoms. The molecule has 24 heavy (non-hydrogen) atoms. The molecule has 0 spiro atoms. The van der Waals surface area contributed by atoms with E-state index in [1.54, 1.807) is 0 Å². The van der Waals surface area contributed by atoms with Gasteiger partial charge in [0, 0.05) is 25.3 Å². The number of nitrogens with one attached hydrogen (secondary N) is 1. The zero-order valence-electron chi connectivity index (χ0n) is 14.7. The summed E-state index contributed by atoms with van der Waals surface area (Å²) < 4.78 is 0. The Morgan fingerprint density at radius 3 is 2.50 bits per heavy atom. The lowest BCUT2D eigenvalue weighted by atomic mass is 9.89. The molecule has 0 aromatic heterocycles. The summed E-state index contributed by atoms with van der Waals surface area (Å²) in [6, 6.07) is 16.7. The van der Waals surface area contributed by atoms with E-state index in [0.717, 1.165) is 23.4 Å². The summed E-state index contributed by atoms with van der Waals surface area (Å²) in [5.74, 6) is 0.836. The highest BCUT2D eigenvalue weighted by molar-refractivity contribution is 6.01. The van der Waals surface area contributed by atoms with E-state index < -0.39 is 0 Å². The number of hydrogen-bond donors (Lipinski definition) is 1. The fourth-order valence-corrected chi connectivity index (χ4v) is 2.89. The maximum absolute atomic E-state index is 4.81. The highest BCUT2D eigenvalue weighted by Crippen LogP contribution is 2.25. The van der Waals surface area contributed by atoms with Crippen LogP contribution in [0.3, 0.4) is 0 Å². The van der Waals surface area contributed by atoms with Crippen LogP contribution in [0, 0.1) is 0 Å². The molecule has 0 fully saturated rings. The lowest BCUT2D eigenvalue weighted by Crippen LogP contribution is -2.34. The first-order chi connectivity index (χ1) is 11.4. The van der Waals surface area contributed by atoms with E-state index in [9.17, 15) is 0 Å². The minimum absolute atomic E-state index is 0.112. The molecule has 4 heteroatoms. The molecule has 0 unspecified atom stereocenters. The topological polar surface area (TPSA) is 40.0 Å². The summed E-state index contributed by atoms with van der Waals surface area (Å²) in [6.07, 6.45) is 2.77. The fourth-order valence-electron chi connectivity index (χ4n) is 2.89. The summed E-state index contributed by atoms with van der Waals surface area (Å²) in [5.41, 5.74) is 7.69. The minimum atomic E-state index is -0.112. The van der Waals surface area contributed by atoms with Gasteiger partial charge in [0.05, 0.1) is 11.8 Å². The fraction of sp³-hybridized carbons (Fsp3) is 0.300. The number of hydrazone groups is 1. The zero-order chi connectivity index (χ0) is 17.2. The Labute approximate surface area is 143 Å². The standard InChI is InChI=1S/C20H24N4/c1-20(2)13-16-7-5-6-8-18(16)19(22-20)23-21-14-15-9-11-17(12-10-15)24(3)4/h5-12,14H,13H2,1-4H3,(H,22,23)/b21-14+.